The third kappa shape index (κ3) is 3.58. The van der Waals surface area contributed by atoms with Gasteiger partial charge in [-0.05, 0) is 30.7 Å². The highest BCUT2D eigenvalue weighted by atomic mass is 19.1. The first-order valence-electron chi connectivity index (χ1n) is 10.4. The van der Waals surface area contributed by atoms with Crippen molar-refractivity contribution in [3.63, 3.8) is 0 Å². The molecule has 5 rings (SSSR count). The van der Waals surface area contributed by atoms with E-state index in [1.54, 1.807) is 18.2 Å². The minimum atomic E-state index is -0.496. The molecule has 162 valence electrons. The molecule has 7 nitrogen and oxygen atoms in total. The number of ether oxygens (including phenoxy) is 1. The number of primary amides is 1. The van der Waals surface area contributed by atoms with Crippen molar-refractivity contribution in [2.45, 2.75) is 26.5 Å². The minimum absolute atomic E-state index is 0.280. The summed E-state index contributed by atoms with van der Waals surface area (Å²) >= 11 is 0. The number of carbonyl (C=O) groups is 1. The highest BCUT2D eigenvalue weighted by molar-refractivity contribution is 6.09. The molecule has 0 atom stereocenters. The quantitative estimate of drug-likeness (QED) is 0.445. The number of hydrogen-bond acceptors (Lipinski definition) is 5. The van der Waals surface area contributed by atoms with E-state index in [4.69, 9.17) is 20.4 Å². The van der Waals surface area contributed by atoms with Gasteiger partial charge in [-0.3, -0.25) is 4.79 Å². The fraction of sp³-hybridized carbons (Fsp3) is 0.208. The number of nitrogens with one attached hydrogen (secondary N) is 2. The van der Waals surface area contributed by atoms with Gasteiger partial charge in [-0.2, -0.15) is 0 Å². The molecule has 0 bridgehead atoms. The molecule has 0 aliphatic carbocycles. The number of amides is 1. The predicted molar refractivity (Wildman–Crippen MR) is 120 cm³/mol. The summed E-state index contributed by atoms with van der Waals surface area (Å²) in [5.74, 6) is 0.439. The summed E-state index contributed by atoms with van der Waals surface area (Å²) in [6.07, 6.45) is 0.674. The van der Waals surface area contributed by atoms with Crippen LogP contribution in [-0.4, -0.2) is 27.5 Å². The number of rotatable bonds is 5. The summed E-state index contributed by atoms with van der Waals surface area (Å²) in [7, 11) is 0. The van der Waals surface area contributed by atoms with E-state index in [2.05, 4.69) is 10.3 Å². The van der Waals surface area contributed by atoms with Crippen molar-refractivity contribution < 1.29 is 13.9 Å². The number of fused-ring (bicyclic) bond motifs is 2. The van der Waals surface area contributed by atoms with E-state index in [1.165, 1.54) is 12.1 Å². The van der Waals surface area contributed by atoms with Crippen molar-refractivity contribution in [2.75, 3.05) is 11.9 Å². The van der Waals surface area contributed by atoms with Crippen molar-refractivity contribution in [3.05, 3.63) is 76.4 Å². The Labute approximate surface area is 183 Å². The Morgan fingerprint density at radius 2 is 2.09 bits per heavy atom. The van der Waals surface area contributed by atoms with Crippen molar-refractivity contribution in [3.8, 4) is 11.4 Å². The van der Waals surface area contributed by atoms with Gasteiger partial charge in [-0.25, -0.2) is 14.4 Å². The summed E-state index contributed by atoms with van der Waals surface area (Å²) in [4.78, 5) is 24.8. The zero-order chi connectivity index (χ0) is 22.2. The molecule has 3 heterocycles. The van der Waals surface area contributed by atoms with Crippen LogP contribution >= 0.6 is 0 Å². The highest BCUT2D eigenvalue weighted by Gasteiger charge is 2.22. The van der Waals surface area contributed by atoms with Gasteiger partial charge in [-0.1, -0.05) is 24.3 Å². The van der Waals surface area contributed by atoms with Gasteiger partial charge in [0.25, 0.3) is 5.91 Å². The number of nitrogens with zero attached hydrogens (tertiary/aromatic N) is 2. The molecule has 0 saturated carbocycles. The summed E-state index contributed by atoms with van der Waals surface area (Å²) in [6, 6.07) is 11.9. The van der Waals surface area contributed by atoms with Crippen LogP contribution in [0.3, 0.4) is 0 Å². The predicted octanol–water partition coefficient (Wildman–Crippen LogP) is 3.86. The van der Waals surface area contributed by atoms with Crippen LogP contribution in [0, 0.1) is 12.7 Å². The maximum absolute atomic E-state index is 13.6. The van der Waals surface area contributed by atoms with Crippen LogP contribution in [0.15, 0.2) is 42.5 Å². The second kappa shape index (κ2) is 8.05. The second-order valence-corrected chi connectivity index (χ2v) is 7.82. The molecule has 1 aliphatic rings. The average Bonchev–Trinajstić information content (AvgIpc) is 3.13. The Morgan fingerprint density at radius 1 is 1.25 bits per heavy atom. The van der Waals surface area contributed by atoms with Gasteiger partial charge >= 0.3 is 0 Å². The number of anilines is 1. The van der Waals surface area contributed by atoms with Gasteiger partial charge < -0.3 is 20.8 Å². The zero-order valence-corrected chi connectivity index (χ0v) is 17.5. The molecule has 1 amide bonds. The van der Waals surface area contributed by atoms with Crippen molar-refractivity contribution in [2.24, 2.45) is 5.73 Å². The van der Waals surface area contributed by atoms with E-state index in [0.717, 1.165) is 33.5 Å². The number of aryl methyl sites for hydroxylation is 1. The number of H-pyrrole nitrogens is 1. The van der Waals surface area contributed by atoms with Crippen molar-refractivity contribution in [1.82, 2.24) is 15.0 Å². The lowest BCUT2D eigenvalue weighted by atomic mass is 10.1. The number of carbonyl (C=O) groups excluding carboxylic acids is 1. The largest absolute Gasteiger partial charge is 0.376 e. The molecular formula is C24H22FN5O2. The van der Waals surface area contributed by atoms with Crippen LogP contribution in [0.5, 0.6) is 0 Å². The second-order valence-electron chi connectivity index (χ2n) is 7.82. The summed E-state index contributed by atoms with van der Waals surface area (Å²) in [5, 5.41) is 4.17. The Morgan fingerprint density at radius 3 is 2.91 bits per heavy atom. The third-order valence-corrected chi connectivity index (χ3v) is 5.68. The molecular weight excluding hydrogens is 409 g/mol. The molecule has 0 saturated heterocycles. The molecule has 1 aliphatic heterocycles. The first-order chi connectivity index (χ1) is 15.5. The monoisotopic (exact) mass is 431 g/mol. The standard InChI is InChI=1S/C24H22FN5O2/c1-13-20(16-6-3-7-17(22(26)31)21(16)28-13)24-29-19-8-9-32-12-18(19)23(30-24)27-11-14-4-2-5-15(25)10-14/h2-7,10,28H,8-9,11-12H2,1H3,(H2,26,31)(H,27,29,30). The van der Waals surface area contributed by atoms with Gasteiger partial charge in [0, 0.05) is 35.2 Å². The fourth-order valence-corrected chi connectivity index (χ4v) is 4.16. The first kappa shape index (κ1) is 20.1. The Bertz CT molecular complexity index is 1350. The Balaban J connectivity index is 1.61. The molecule has 8 heteroatoms. The molecule has 2 aromatic carbocycles. The van der Waals surface area contributed by atoms with Gasteiger partial charge in [0.1, 0.15) is 11.6 Å². The zero-order valence-electron chi connectivity index (χ0n) is 17.5. The topological polar surface area (TPSA) is 106 Å². The molecule has 0 fully saturated rings. The normalized spacial score (nSPS) is 13.2. The van der Waals surface area contributed by atoms with Gasteiger partial charge in [0.05, 0.1) is 30.0 Å². The van der Waals surface area contributed by atoms with Crippen LogP contribution in [0.2, 0.25) is 0 Å². The number of aromatic amines is 1. The number of aromatic nitrogens is 3. The van der Waals surface area contributed by atoms with Crippen LogP contribution in [0.1, 0.15) is 32.9 Å². The molecule has 0 radical (unpaired) electrons. The smallest absolute Gasteiger partial charge is 0.250 e. The SMILES string of the molecule is Cc1[nH]c2c(C(N)=O)cccc2c1-c1nc2c(c(NCc3cccc(F)c3)n1)COCC2. The van der Waals surface area contributed by atoms with E-state index in [-0.39, 0.29) is 5.82 Å². The number of para-hydroxylation sites is 1. The van der Waals surface area contributed by atoms with Crippen LogP contribution in [-0.2, 0) is 24.3 Å². The summed E-state index contributed by atoms with van der Waals surface area (Å²) in [5.41, 5.74) is 11.0. The van der Waals surface area contributed by atoms with Crippen LogP contribution in [0.4, 0.5) is 10.2 Å². The van der Waals surface area contributed by atoms with Gasteiger partial charge in [0.15, 0.2) is 5.82 Å². The minimum Gasteiger partial charge on any atom is -0.376 e. The Kier molecular flexibility index (Phi) is 5.07. The number of hydrogen-bond donors (Lipinski definition) is 3. The van der Waals surface area contributed by atoms with Crippen molar-refractivity contribution in [1.29, 1.82) is 0 Å². The van der Waals surface area contributed by atoms with E-state index >= 15 is 0 Å². The summed E-state index contributed by atoms with van der Waals surface area (Å²) in [6.45, 7) is 3.34. The average molecular weight is 431 g/mol. The van der Waals surface area contributed by atoms with Gasteiger partial charge in [0.2, 0.25) is 0 Å². The van der Waals surface area contributed by atoms with Crippen molar-refractivity contribution >= 4 is 22.6 Å². The molecule has 4 N–H and O–H groups in total. The number of benzene rings is 2. The lowest BCUT2D eigenvalue weighted by Crippen LogP contribution is -2.17. The summed E-state index contributed by atoms with van der Waals surface area (Å²) < 4.78 is 19.2. The number of halogens is 1. The molecule has 0 spiro atoms. The Hall–Kier alpha value is -3.78. The third-order valence-electron chi connectivity index (χ3n) is 5.68. The molecule has 32 heavy (non-hydrogen) atoms. The maximum atomic E-state index is 13.6. The van der Waals surface area contributed by atoms with E-state index in [0.29, 0.717) is 48.9 Å². The van der Waals surface area contributed by atoms with E-state index in [9.17, 15) is 9.18 Å². The lowest BCUT2D eigenvalue weighted by Gasteiger charge is -2.20. The molecule has 4 aromatic rings. The van der Waals surface area contributed by atoms with Gasteiger partial charge in [-0.15, -0.1) is 0 Å². The molecule has 2 aromatic heterocycles. The van der Waals surface area contributed by atoms with Crippen LogP contribution in [0.25, 0.3) is 22.3 Å². The van der Waals surface area contributed by atoms with Crippen LogP contribution < -0.4 is 11.1 Å². The van der Waals surface area contributed by atoms with E-state index in [1.807, 2.05) is 19.1 Å². The van der Waals surface area contributed by atoms with E-state index < -0.39 is 5.91 Å². The maximum Gasteiger partial charge on any atom is 0.250 e. The molecule has 0 unspecified atom stereocenters. The first-order valence-corrected chi connectivity index (χ1v) is 10.4. The highest BCUT2D eigenvalue weighted by Crippen LogP contribution is 2.34. The lowest BCUT2D eigenvalue weighted by molar-refractivity contribution is 0.100. The fourth-order valence-electron chi connectivity index (χ4n) is 4.16. The number of nitrogens with two attached hydrogens (primary N) is 1.